The summed E-state index contributed by atoms with van der Waals surface area (Å²) in [4.78, 5) is 24.1. The Bertz CT molecular complexity index is 494. The molecule has 0 radical (unpaired) electrons. The Morgan fingerprint density at radius 1 is 1.38 bits per heavy atom. The zero-order valence-electron chi connectivity index (χ0n) is 11.9. The Hall–Kier alpha value is -1.05. The lowest BCUT2D eigenvalue weighted by molar-refractivity contribution is -0.149. The fourth-order valence-electron chi connectivity index (χ4n) is 1.60. The average molecular weight is 376 g/mol. The van der Waals surface area contributed by atoms with Crippen LogP contribution in [0.2, 0.25) is 0 Å². The number of hydrogen-bond acceptors (Lipinski definition) is 4. The van der Waals surface area contributed by atoms with Gasteiger partial charge in [0.2, 0.25) is 5.91 Å². The highest BCUT2D eigenvalue weighted by molar-refractivity contribution is 9.10. The van der Waals surface area contributed by atoms with E-state index in [1.165, 1.54) is 14.0 Å². The van der Waals surface area contributed by atoms with Crippen LogP contribution in [0.25, 0.3) is 0 Å². The molecule has 21 heavy (non-hydrogen) atoms. The molecule has 1 rings (SSSR count). The van der Waals surface area contributed by atoms with E-state index in [9.17, 15) is 9.59 Å². The molecule has 116 valence electrons. The molecular weight excluding hydrogens is 358 g/mol. The molecule has 7 heteroatoms. The average Bonchev–Trinajstić information content (AvgIpc) is 2.41. The second-order valence-electron chi connectivity index (χ2n) is 4.67. The number of carboxylic acids is 1. The van der Waals surface area contributed by atoms with E-state index in [2.05, 4.69) is 21.2 Å². The standard InChI is InChI=1S/C14H18BrNO4S/c1-14(9-20-2,13(18)19)16-12(17)7-8-21-11-5-3-10(15)4-6-11/h3-6H,7-9H2,1-2H3,(H,16,17)(H,18,19). The first-order chi connectivity index (χ1) is 9.87. The van der Waals surface area contributed by atoms with Gasteiger partial charge < -0.3 is 15.2 Å². The highest BCUT2D eigenvalue weighted by Gasteiger charge is 2.34. The largest absolute Gasteiger partial charge is 0.479 e. The van der Waals surface area contributed by atoms with Crippen LogP contribution in [0.3, 0.4) is 0 Å². The third-order valence-corrected chi connectivity index (χ3v) is 4.27. The first kappa shape index (κ1) is 18.0. The molecule has 1 unspecified atom stereocenters. The molecular formula is C14H18BrNO4S. The zero-order chi connectivity index (χ0) is 15.9. The van der Waals surface area contributed by atoms with E-state index in [1.54, 1.807) is 11.8 Å². The number of aliphatic carboxylic acids is 1. The van der Waals surface area contributed by atoms with Crippen LogP contribution in [0.15, 0.2) is 33.6 Å². The number of methoxy groups -OCH3 is 1. The maximum absolute atomic E-state index is 11.8. The van der Waals surface area contributed by atoms with Crippen molar-refractivity contribution >= 4 is 39.6 Å². The molecule has 1 atom stereocenters. The van der Waals surface area contributed by atoms with Gasteiger partial charge in [-0.25, -0.2) is 4.79 Å². The molecule has 0 saturated carbocycles. The minimum Gasteiger partial charge on any atom is -0.479 e. The van der Waals surface area contributed by atoms with E-state index in [1.807, 2.05) is 24.3 Å². The maximum Gasteiger partial charge on any atom is 0.331 e. The van der Waals surface area contributed by atoms with Crippen LogP contribution in [0.1, 0.15) is 13.3 Å². The van der Waals surface area contributed by atoms with Gasteiger partial charge in [-0.2, -0.15) is 0 Å². The van der Waals surface area contributed by atoms with Crippen molar-refractivity contribution in [3.8, 4) is 0 Å². The van der Waals surface area contributed by atoms with Gasteiger partial charge in [0.05, 0.1) is 6.61 Å². The fraction of sp³-hybridized carbons (Fsp3) is 0.429. The Balaban J connectivity index is 2.43. The normalized spacial score (nSPS) is 13.5. The van der Waals surface area contributed by atoms with Gasteiger partial charge in [-0.15, -0.1) is 11.8 Å². The van der Waals surface area contributed by atoms with E-state index >= 15 is 0 Å². The van der Waals surface area contributed by atoms with Gasteiger partial charge in [-0.3, -0.25) is 4.79 Å². The predicted octanol–water partition coefficient (Wildman–Crippen LogP) is 2.54. The summed E-state index contributed by atoms with van der Waals surface area (Å²) in [5, 5.41) is 11.6. The SMILES string of the molecule is COCC(C)(NC(=O)CCSc1ccc(Br)cc1)C(=O)O. The number of thioether (sulfide) groups is 1. The van der Waals surface area contributed by atoms with E-state index in [0.29, 0.717) is 5.75 Å². The number of nitrogens with one attached hydrogen (secondary N) is 1. The Labute approximate surface area is 136 Å². The molecule has 1 aromatic carbocycles. The van der Waals surface area contributed by atoms with Crippen LogP contribution in [0.4, 0.5) is 0 Å². The van der Waals surface area contributed by atoms with Crippen LogP contribution < -0.4 is 5.32 Å². The molecule has 5 nitrogen and oxygen atoms in total. The molecule has 0 spiro atoms. The number of hydrogen-bond donors (Lipinski definition) is 2. The van der Waals surface area contributed by atoms with Crippen molar-refractivity contribution in [1.29, 1.82) is 0 Å². The molecule has 0 aliphatic carbocycles. The Kier molecular flexibility index (Phi) is 7.21. The summed E-state index contributed by atoms with van der Waals surface area (Å²) in [7, 11) is 1.40. The number of halogens is 1. The van der Waals surface area contributed by atoms with E-state index in [0.717, 1.165) is 9.37 Å². The summed E-state index contributed by atoms with van der Waals surface area (Å²) < 4.78 is 5.85. The quantitative estimate of drug-likeness (QED) is 0.682. The maximum atomic E-state index is 11.8. The number of amides is 1. The topological polar surface area (TPSA) is 75.6 Å². The zero-order valence-corrected chi connectivity index (χ0v) is 14.3. The minimum absolute atomic E-state index is 0.0755. The number of carbonyl (C=O) groups is 2. The highest BCUT2D eigenvalue weighted by Crippen LogP contribution is 2.21. The van der Waals surface area contributed by atoms with Gasteiger partial charge in [0.25, 0.3) is 0 Å². The van der Waals surface area contributed by atoms with Crippen LogP contribution in [-0.4, -0.2) is 42.0 Å². The summed E-state index contributed by atoms with van der Waals surface area (Å²) >= 11 is 4.90. The lowest BCUT2D eigenvalue weighted by Crippen LogP contribution is -2.55. The molecule has 0 heterocycles. The summed E-state index contributed by atoms with van der Waals surface area (Å²) in [5.74, 6) is -0.837. The van der Waals surface area contributed by atoms with Gasteiger partial charge in [0.15, 0.2) is 5.54 Å². The molecule has 0 fully saturated rings. The van der Waals surface area contributed by atoms with Gasteiger partial charge in [-0.1, -0.05) is 15.9 Å². The molecule has 0 aliphatic rings. The van der Waals surface area contributed by atoms with Crippen molar-refractivity contribution in [3.63, 3.8) is 0 Å². The van der Waals surface area contributed by atoms with Crippen molar-refractivity contribution in [1.82, 2.24) is 5.32 Å². The lowest BCUT2D eigenvalue weighted by Gasteiger charge is -2.25. The predicted molar refractivity (Wildman–Crippen MR) is 85.5 cm³/mol. The van der Waals surface area contributed by atoms with E-state index < -0.39 is 11.5 Å². The highest BCUT2D eigenvalue weighted by atomic mass is 79.9. The summed E-state index contributed by atoms with van der Waals surface area (Å²) in [6.07, 6.45) is 0.243. The monoisotopic (exact) mass is 375 g/mol. The fourth-order valence-corrected chi connectivity index (χ4v) is 2.72. The Morgan fingerprint density at radius 2 is 2.00 bits per heavy atom. The van der Waals surface area contributed by atoms with Crippen molar-refractivity contribution in [2.75, 3.05) is 19.5 Å². The third kappa shape index (κ3) is 6.07. The number of carboxylic acid groups (broad SMARTS) is 1. The minimum atomic E-state index is -1.39. The van der Waals surface area contributed by atoms with Crippen LogP contribution in [0.5, 0.6) is 0 Å². The van der Waals surface area contributed by atoms with Crippen molar-refractivity contribution in [2.45, 2.75) is 23.8 Å². The van der Waals surface area contributed by atoms with E-state index in [4.69, 9.17) is 9.84 Å². The summed E-state index contributed by atoms with van der Waals surface area (Å²) in [6.45, 7) is 1.35. The lowest BCUT2D eigenvalue weighted by atomic mass is 10.0. The van der Waals surface area contributed by atoms with Crippen molar-refractivity contribution in [2.24, 2.45) is 0 Å². The molecule has 0 saturated heterocycles. The van der Waals surface area contributed by atoms with Crippen LogP contribution in [-0.2, 0) is 14.3 Å². The number of ether oxygens (including phenoxy) is 1. The van der Waals surface area contributed by atoms with Crippen molar-refractivity contribution < 1.29 is 19.4 Å². The van der Waals surface area contributed by atoms with Gasteiger partial charge in [0.1, 0.15) is 0 Å². The molecule has 1 amide bonds. The molecule has 0 bridgehead atoms. The van der Waals surface area contributed by atoms with Crippen LogP contribution >= 0.6 is 27.7 Å². The number of benzene rings is 1. The second kappa shape index (κ2) is 8.41. The van der Waals surface area contributed by atoms with Crippen LogP contribution in [0, 0.1) is 0 Å². The van der Waals surface area contributed by atoms with Gasteiger partial charge >= 0.3 is 5.97 Å². The second-order valence-corrected chi connectivity index (χ2v) is 6.75. The first-order valence-corrected chi connectivity index (χ1v) is 8.07. The Morgan fingerprint density at radius 3 is 2.52 bits per heavy atom. The molecule has 0 aromatic heterocycles. The smallest absolute Gasteiger partial charge is 0.331 e. The third-order valence-electron chi connectivity index (χ3n) is 2.73. The molecule has 1 aromatic rings. The number of carbonyl (C=O) groups excluding carboxylic acids is 1. The summed E-state index contributed by atoms with van der Waals surface area (Å²) in [6, 6.07) is 7.78. The van der Waals surface area contributed by atoms with E-state index in [-0.39, 0.29) is 18.9 Å². The van der Waals surface area contributed by atoms with Gasteiger partial charge in [0, 0.05) is 28.7 Å². The first-order valence-electron chi connectivity index (χ1n) is 6.29. The molecule has 0 aliphatic heterocycles. The number of rotatable bonds is 8. The summed E-state index contributed by atoms with van der Waals surface area (Å²) in [5.41, 5.74) is -1.39. The van der Waals surface area contributed by atoms with Crippen molar-refractivity contribution in [3.05, 3.63) is 28.7 Å². The molecule has 2 N–H and O–H groups in total. The van der Waals surface area contributed by atoms with Gasteiger partial charge in [-0.05, 0) is 31.2 Å².